The Morgan fingerprint density at radius 2 is 1.82 bits per heavy atom. The van der Waals surface area contributed by atoms with E-state index in [1.807, 2.05) is 6.92 Å². The average molecular weight is 397 g/mol. The van der Waals surface area contributed by atoms with Gasteiger partial charge in [-0.15, -0.1) is 0 Å². The third-order valence-electron chi connectivity index (χ3n) is 4.65. The van der Waals surface area contributed by atoms with Gasteiger partial charge in [0, 0.05) is 24.3 Å². The second-order valence-corrected chi connectivity index (χ2v) is 6.80. The van der Waals surface area contributed by atoms with E-state index in [0.717, 1.165) is 0 Å². The first kappa shape index (κ1) is 19.9. The number of halogens is 3. The van der Waals surface area contributed by atoms with Gasteiger partial charge < -0.3 is 15.2 Å². The molecule has 0 radical (unpaired) electrons. The zero-order chi connectivity index (χ0) is 20.5. The fourth-order valence-electron chi connectivity index (χ4n) is 3.02. The first-order valence-corrected chi connectivity index (χ1v) is 8.50. The number of carboxylic acid groups (broad SMARTS) is 1. The van der Waals surface area contributed by atoms with Gasteiger partial charge in [0.05, 0.1) is 11.9 Å². The van der Waals surface area contributed by atoms with Crippen LogP contribution in [0.25, 0.3) is 5.69 Å². The maximum Gasteiger partial charge on any atom is 0.434 e. The van der Waals surface area contributed by atoms with Crippen LogP contribution in [-0.2, 0) is 10.9 Å². The lowest BCUT2D eigenvalue weighted by atomic mass is 9.92. The highest BCUT2D eigenvalue weighted by Gasteiger charge is 2.40. The number of carboxylic acids is 1. The van der Waals surface area contributed by atoms with E-state index in [4.69, 9.17) is 9.84 Å². The van der Waals surface area contributed by atoms with Gasteiger partial charge in [0.1, 0.15) is 5.56 Å². The molecule has 2 aromatic rings. The third kappa shape index (κ3) is 4.01. The van der Waals surface area contributed by atoms with Crippen molar-refractivity contribution in [1.29, 1.82) is 0 Å². The number of hydrogen-bond acceptors (Lipinski definition) is 4. The molecule has 0 atom stereocenters. The molecule has 2 N–H and O–H groups in total. The number of alkyl halides is 3. The first-order valence-electron chi connectivity index (χ1n) is 8.50. The molecule has 0 saturated carbocycles. The minimum Gasteiger partial charge on any atom is -0.478 e. The molecule has 0 unspecified atom stereocenters. The van der Waals surface area contributed by atoms with Crippen molar-refractivity contribution in [2.24, 2.45) is 0 Å². The maximum atomic E-state index is 13.3. The number of carbonyl (C=O) groups is 2. The molecular weight excluding hydrogens is 379 g/mol. The van der Waals surface area contributed by atoms with Gasteiger partial charge in [-0.1, -0.05) is 0 Å². The predicted octanol–water partition coefficient (Wildman–Crippen LogP) is 2.89. The lowest BCUT2D eigenvalue weighted by Crippen LogP contribution is -2.49. The second-order valence-electron chi connectivity index (χ2n) is 6.80. The number of nitrogens with one attached hydrogen (secondary N) is 1. The van der Waals surface area contributed by atoms with Crippen molar-refractivity contribution in [3.8, 4) is 5.69 Å². The monoisotopic (exact) mass is 397 g/mol. The van der Waals surface area contributed by atoms with Crippen LogP contribution >= 0.6 is 0 Å². The van der Waals surface area contributed by atoms with Gasteiger partial charge in [0.15, 0.2) is 5.69 Å². The van der Waals surface area contributed by atoms with Crippen molar-refractivity contribution >= 4 is 11.9 Å². The quantitative estimate of drug-likeness (QED) is 0.828. The molecule has 1 saturated heterocycles. The molecule has 1 aliphatic rings. The average Bonchev–Trinajstić information content (AvgIpc) is 3.08. The molecule has 150 valence electrons. The Kier molecular flexibility index (Phi) is 5.16. The molecule has 7 nitrogen and oxygen atoms in total. The van der Waals surface area contributed by atoms with Crippen molar-refractivity contribution in [2.45, 2.75) is 31.5 Å². The van der Waals surface area contributed by atoms with Crippen LogP contribution in [0.4, 0.5) is 13.2 Å². The number of hydrogen-bond donors (Lipinski definition) is 2. The molecule has 28 heavy (non-hydrogen) atoms. The van der Waals surface area contributed by atoms with Crippen molar-refractivity contribution in [3.63, 3.8) is 0 Å². The van der Waals surface area contributed by atoms with E-state index in [1.54, 1.807) is 0 Å². The number of ether oxygens (including phenoxy) is 1. The third-order valence-corrected chi connectivity index (χ3v) is 4.65. The van der Waals surface area contributed by atoms with Crippen LogP contribution < -0.4 is 5.32 Å². The summed E-state index contributed by atoms with van der Waals surface area (Å²) in [5, 5.41) is 15.5. The largest absolute Gasteiger partial charge is 0.478 e. The van der Waals surface area contributed by atoms with Crippen molar-refractivity contribution < 1.29 is 32.6 Å². The normalized spacial score (nSPS) is 16.6. The summed E-state index contributed by atoms with van der Waals surface area (Å²) in [5.41, 5.74) is -2.46. The Morgan fingerprint density at radius 1 is 1.21 bits per heavy atom. The molecule has 3 rings (SSSR count). The van der Waals surface area contributed by atoms with Gasteiger partial charge in [-0.05, 0) is 44.0 Å². The van der Waals surface area contributed by atoms with Crippen molar-refractivity contribution in [1.82, 2.24) is 15.1 Å². The molecule has 2 heterocycles. The smallest absolute Gasteiger partial charge is 0.434 e. The summed E-state index contributed by atoms with van der Waals surface area (Å²) in [6, 6.07) is 5.31. The van der Waals surface area contributed by atoms with Crippen molar-refractivity contribution in [3.05, 3.63) is 47.3 Å². The fourth-order valence-corrected chi connectivity index (χ4v) is 3.02. The van der Waals surface area contributed by atoms with Crippen molar-refractivity contribution in [2.75, 3.05) is 13.2 Å². The summed E-state index contributed by atoms with van der Waals surface area (Å²) in [6.45, 7) is 3.00. The van der Waals surface area contributed by atoms with E-state index < -0.39 is 28.9 Å². The SMILES string of the molecule is CC1(NC(=O)c2ccc(-n3ncc(C(=O)O)c3C(F)(F)F)cc2)CCOCC1. The molecule has 1 fully saturated rings. The fraction of sp³-hybridized carbons (Fsp3) is 0.389. The van der Waals surface area contributed by atoms with E-state index in [1.165, 1.54) is 24.3 Å². The van der Waals surface area contributed by atoms with E-state index in [2.05, 4.69) is 10.4 Å². The Balaban J connectivity index is 1.85. The second kappa shape index (κ2) is 7.27. The Labute approximate surface area is 158 Å². The van der Waals surface area contributed by atoms with Crippen LogP contribution in [0.2, 0.25) is 0 Å². The summed E-state index contributed by atoms with van der Waals surface area (Å²) in [7, 11) is 0. The Bertz CT molecular complexity index is 884. The number of amides is 1. The van der Waals surface area contributed by atoms with Crippen LogP contribution in [0.5, 0.6) is 0 Å². The lowest BCUT2D eigenvalue weighted by molar-refractivity contribution is -0.143. The summed E-state index contributed by atoms with van der Waals surface area (Å²) >= 11 is 0. The summed E-state index contributed by atoms with van der Waals surface area (Å²) in [5.74, 6) is -2.07. The number of carbonyl (C=O) groups excluding carboxylic acids is 1. The number of nitrogens with zero attached hydrogens (tertiary/aromatic N) is 2. The van der Waals surface area contributed by atoms with Gasteiger partial charge >= 0.3 is 12.1 Å². The summed E-state index contributed by atoms with van der Waals surface area (Å²) < 4.78 is 45.7. The lowest BCUT2D eigenvalue weighted by Gasteiger charge is -2.34. The van der Waals surface area contributed by atoms with Gasteiger partial charge in [-0.25, -0.2) is 9.48 Å². The Morgan fingerprint density at radius 3 is 2.36 bits per heavy atom. The van der Waals surface area contributed by atoms with E-state index in [-0.39, 0.29) is 17.2 Å². The molecule has 0 bridgehead atoms. The maximum absolute atomic E-state index is 13.3. The highest BCUT2D eigenvalue weighted by Crippen LogP contribution is 2.33. The van der Waals surface area contributed by atoms with Crippen LogP contribution in [0, 0.1) is 0 Å². The van der Waals surface area contributed by atoms with Gasteiger partial charge in [0.25, 0.3) is 5.91 Å². The zero-order valence-corrected chi connectivity index (χ0v) is 14.9. The highest BCUT2D eigenvalue weighted by molar-refractivity contribution is 5.95. The number of aromatic carboxylic acids is 1. The van der Waals surface area contributed by atoms with Crippen LogP contribution in [-0.4, -0.2) is 45.5 Å². The van der Waals surface area contributed by atoms with Gasteiger partial charge in [0.2, 0.25) is 0 Å². The van der Waals surface area contributed by atoms with E-state index >= 15 is 0 Å². The number of rotatable bonds is 4. The standard InChI is InChI=1S/C18H18F3N3O4/c1-17(6-8-28-9-7-17)23-15(25)11-2-4-12(5-3-11)24-14(18(19,20)21)13(10-22-24)16(26)27/h2-5,10H,6-9H2,1H3,(H,23,25)(H,26,27). The summed E-state index contributed by atoms with van der Waals surface area (Å²) in [4.78, 5) is 23.5. The topological polar surface area (TPSA) is 93.5 Å². The molecule has 0 aliphatic carbocycles. The minimum atomic E-state index is -4.90. The van der Waals surface area contributed by atoms with E-state index in [9.17, 15) is 22.8 Å². The minimum absolute atomic E-state index is 0.00588. The zero-order valence-electron chi connectivity index (χ0n) is 14.9. The number of benzene rings is 1. The van der Waals surface area contributed by atoms with Gasteiger partial charge in [-0.3, -0.25) is 4.79 Å². The van der Waals surface area contributed by atoms with Crippen LogP contribution in [0.1, 0.15) is 46.2 Å². The highest BCUT2D eigenvalue weighted by atomic mass is 19.4. The molecular formula is C18H18F3N3O4. The molecule has 0 spiro atoms. The first-order chi connectivity index (χ1) is 13.1. The summed E-state index contributed by atoms with van der Waals surface area (Å²) in [6.07, 6.45) is -2.93. The predicted molar refractivity (Wildman–Crippen MR) is 91.4 cm³/mol. The number of aromatic nitrogens is 2. The molecule has 1 amide bonds. The Hall–Kier alpha value is -2.88. The van der Waals surface area contributed by atoms with E-state index in [0.29, 0.717) is 36.9 Å². The van der Waals surface area contributed by atoms with Crippen LogP contribution in [0.3, 0.4) is 0 Å². The van der Waals surface area contributed by atoms with Gasteiger partial charge in [-0.2, -0.15) is 18.3 Å². The molecule has 1 aromatic carbocycles. The molecule has 1 aliphatic heterocycles. The van der Waals surface area contributed by atoms with Crippen LogP contribution in [0.15, 0.2) is 30.5 Å². The molecule has 1 aromatic heterocycles. The molecule has 10 heteroatoms.